The summed E-state index contributed by atoms with van der Waals surface area (Å²) in [4.78, 5) is 11.8. The lowest BCUT2D eigenvalue weighted by molar-refractivity contribution is -0.198. The third kappa shape index (κ3) is 4.48. The number of carbonyl (C=O) groups excluding carboxylic acids is 1. The molecule has 1 aliphatic carbocycles. The molecular weight excluding hydrogens is 245 g/mol. The second-order valence-electron chi connectivity index (χ2n) is 4.79. The molecular formula is C12H21F3N2O. The highest BCUT2D eigenvalue weighted by molar-refractivity contribution is 5.79. The van der Waals surface area contributed by atoms with E-state index in [2.05, 4.69) is 10.6 Å². The summed E-state index contributed by atoms with van der Waals surface area (Å²) in [7, 11) is 1.79. The predicted molar refractivity (Wildman–Crippen MR) is 63.1 cm³/mol. The van der Waals surface area contributed by atoms with Gasteiger partial charge in [0.2, 0.25) is 5.91 Å². The normalized spacial score (nSPS) is 24.9. The highest BCUT2D eigenvalue weighted by Gasteiger charge is 2.47. The zero-order chi connectivity index (χ0) is 13.6. The number of nitrogens with one attached hydrogen (secondary N) is 2. The predicted octanol–water partition coefficient (Wildman–Crippen LogP) is 2.08. The van der Waals surface area contributed by atoms with Gasteiger partial charge in [-0.2, -0.15) is 13.2 Å². The highest BCUT2D eigenvalue weighted by Crippen LogP contribution is 2.41. The zero-order valence-electron chi connectivity index (χ0n) is 10.6. The van der Waals surface area contributed by atoms with Crippen LogP contribution in [-0.4, -0.2) is 32.2 Å². The SMILES string of the molecule is CNCCCNC(=O)C1CCCCC1C(F)(F)F. The largest absolute Gasteiger partial charge is 0.392 e. The van der Waals surface area contributed by atoms with Gasteiger partial charge in [-0.15, -0.1) is 0 Å². The van der Waals surface area contributed by atoms with E-state index in [0.29, 0.717) is 25.8 Å². The van der Waals surface area contributed by atoms with Crippen molar-refractivity contribution in [3.8, 4) is 0 Å². The lowest BCUT2D eigenvalue weighted by Gasteiger charge is -2.32. The molecule has 1 saturated carbocycles. The Morgan fingerprint density at radius 2 is 1.89 bits per heavy atom. The molecule has 2 atom stereocenters. The van der Waals surface area contributed by atoms with Crippen LogP contribution in [0.25, 0.3) is 0 Å². The number of hydrogen-bond donors (Lipinski definition) is 2. The highest BCUT2D eigenvalue weighted by atomic mass is 19.4. The second-order valence-corrected chi connectivity index (χ2v) is 4.79. The van der Waals surface area contributed by atoms with Crippen LogP contribution in [0.5, 0.6) is 0 Å². The van der Waals surface area contributed by atoms with E-state index in [-0.39, 0.29) is 6.42 Å². The van der Waals surface area contributed by atoms with E-state index in [1.807, 2.05) is 0 Å². The van der Waals surface area contributed by atoms with Crippen LogP contribution in [0.4, 0.5) is 13.2 Å². The molecule has 0 bridgehead atoms. The van der Waals surface area contributed by atoms with Gasteiger partial charge < -0.3 is 10.6 Å². The summed E-state index contributed by atoms with van der Waals surface area (Å²) >= 11 is 0. The monoisotopic (exact) mass is 266 g/mol. The number of hydrogen-bond acceptors (Lipinski definition) is 2. The number of carbonyl (C=O) groups is 1. The summed E-state index contributed by atoms with van der Waals surface area (Å²) in [5.41, 5.74) is 0. The zero-order valence-corrected chi connectivity index (χ0v) is 10.6. The number of alkyl halides is 3. The van der Waals surface area contributed by atoms with Crippen molar-refractivity contribution >= 4 is 5.91 Å². The fraction of sp³-hybridized carbons (Fsp3) is 0.917. The van der Waals surface area contributed by atoms with Gasteiger partial charge in [0.1, 0.15) is 0 Å². The average Bonchev–Trinajstić information content (AvgIpc) is 2.33. The fourth-order valence-electron chi connectivity index (χ4n) is 2.44. The van der Waals surface area contributed by atoms with E-state index >= 15 is 0 Å². The second kappa shape index (κ2) is 6.97. The van der Waals surface area contributed by atoms with E-state index in [1.54, 1.807) is 7.05 Å². The van der Waals surface area contributed by atoms with Gasteiger partial charge >= 0.3 is 6.18 Å². The minimum atomic E-state index is -4.26. The maximum Gasteiger partial charge on any atom is 0.392 e. The molecule has 0 saturated heterocycles. The first-order chi connectivity index (χ1) is 8.46. The number of halogens is 3. The van der Waals surface area contributed by atoms with Crippen LogP contribution in [0.3, 0.4) is 0 Å². The molecule has 18 heavy (non-hydrogen) atoms. The Bertz CT molecular complexity index is 269. The summed E-state index contributed by atoms with van der Waals surface area (Å²) < 4.78 is 38.4. The summed E-state index contributed by atoms with van der Waals surface area (Å²) in [6.45, 7) is 1.17. The quantitative estimate of drug-likeness (QED) is 0.748. The molecule has 0 aliphatic heterocycles. The van der Waals surface area contributed by atoms with Crippen LogP contribution in [0, 0.1) is 11.8 Å². The van der Waals surface area contributed by atoms with Crippen molar-refractivity contribution < 1.29 is 18.0 Å². The molecule has 0 aromatic rings. The Balaban J connectivity index is 2.47. The summed E-state index contributed by atoms with van der Waals surface area (Å²) in [5.74, 6) is -2.79. The first kappa shape index (κ1) is 15.3. The fourth-order valence-corrected chi connectivity index (χ4v) is 2.44. The maximum atomic E-state index is 12.8. The van der Waals surface area contributed by atoms with Crippen LogP contribution < -0.4 is 10.6 Å². The summed E-state index contributed by atoms with van der Waals surface area (Å²) in [6.07, 6.45) is -1.83. The lowest BCUT2D eigenvalue weighted by atomic mass is 9.78. The molecule has 1 fully saturated rings. The Labute approximate surface area is 106 Å². The minimum Gasteiger partial charge on any atom is -0.356 e. The standard InChI is InChI=1S/C12H21F3N2O/c1-16-7-4-8-17-11(18)9-5-2-3-6-10(9)12(13,14)15/h9-10,16H,2-8H2,1H3,(H,17,18). The van der Waals surface area contributed by atoms with Gasteiger partial charge in [0.15, 0.2) is 0 Å². The molecule has 2 N–H and O–H groups in total. The molecule has 0 spiro atoms. The Morgan fingerprint density at radius 1 is 1.22 bits per heavy atom. The van der Waals surface area contributed by atoms with Crippen LogP contribution in [0.1, 0.15) is 32.1 Å². The number of rotatable bonds is 5. The molecule has 6 heteroatoms. The molecule has 106 valence electrons. The van der Waals surface area contributed by atoms with E-state index in [9.17, 15) is 18.0 Å². The summed E-state index contributed by atoms with van der Waals surface area (Å²) in [5, 5.41) is 5.53. The number of amides is 1. The van der Waals surface area contributed by atoms with Crippen LogP contribution >= 0.6 is 0 Å². The van der Waals surface area contributed by atoms with Gasteiger partial charge in [-0.25, -0.2) is 0 Å². The molecule has 1 aliphatic rings. The minimum absolute atomic E-state index is 0.0815. The molecule has 1 amide bonds. The third-order valence-electron chi connectivity index (χ3n) is 3.43. The Kier molecular flexibility index (Phi) is 5.91. The Hall–Kier alpha value is -0.780. The first-order valence-electron chi connectivity index (χ1n) is 6.46. The molecule has 3 nitrogen and oxygen atoms in total. The molecule has 0 aromatic carbocycles. The molecule has 0 aromatic heterocycles. The lowest BCUT2D eigenvalue weighted by Crippen LogP contribution is -2.43. The van der Waals surface area contributed by atoms with Gasteiger partial charge in [0, 0.05) is 12.5 Å². The van der Waals surface area contributed by atoms with Crippen LogP contribution in [-0.2, 0) is 4.79 Å². The van der Waals surface area contributed by atoms with Crippen molar-refractivity contribution in [3.63, 3.8) is 0 Å². The van der Waals surface area contributed by atoms with E-state index in [0.717, 1.165) is 13.0 Å². The maximum absolute atomic E-state index is 12.8. The molecule has 2 unspecified atom stereocenters. The van der Waals surface area contributed by atoms with Crippen molar-refractivity contribution in [1.29, 1.82) is 0 Å². The average molecular weight is 266 g/mol. The topological polar surface area (TPSA) is 41.1 Å². The van der Waals surface area contributed by atoms with Crippen LogP contribution in [0.15, 0.2) is 0 Å². The van der Waals surface area contributed by atoms with E-state index in [4.69, 9.17) is 0 Å². The smallest absolute Gasteiger partial charge is 0.356 e. The van der Waals surface area contributed by atoms with Gasteiger partial charge in [-0.3, -0.25) is 4.79 Å². The summed E-state index contributed by atoms with van der Waals surface area (Å²) in [6, 6.07) is 0. The van der Waals surface area contributed by atoms with E-state index in [1.165, 1.54) is 0 Å². The van der Waals surface area contributed by atoms with E-state index < -0.39 is 23.9 Å². The third-order valence-corrected chi connectivity index (χ3v) is 3.43. The van der Waals surface area contributed by atoms with Gasteiger partial charge in [0.25, 0.3) is 0 Å². The van der Waals surface area contributed by atoms with Crippen molar-refractivity contribution in [3.05, 3.63) is 0 Å². The van der Waals surface area contributed by atoms with Gasteiger partial charge in [0.05, 0.1) is 5.92 Å². The molecule has 0 radical (unpaired) electrons. The van der Waals surface area contributed by atoms with Crippen LogP contribution in [0.2, 0.25) is 0 Å². The van der Waals surface area contributed by atoms with Gasteiger partial charge in [-0.1, -0.05) is 12.8 Å². The molecule has 1 rings (SSSR count). The van der Waals surface area contributed by atoms with Crippen molar-refractivity contribution in [2.24, 2.45) is 11.8 Å². The molecule has 0 heterocycles. The van der Waals surface area contributed by atoms with Gasteiger partial charge in [-0.05, 0) is 32.9 Å². The Morgan fingerprint density at radius 3 is 2.50 bits per heavy atom. The first-order valence-corrected chi connectivity index (χ1v) is 6.46. The van der Waals surface area contributed by atoms with Crippen molar-refractivity contribution in [1.82, 2.24) is 10.6 Å². The van der Waals surface area contributed by atoms with Crippen molar-refractivity contribution in [2.45, 2.75) is 38.3 Å². The van der Waals surface area contributed by atoms with Crippen molar-refractivity contribution in [2.75, 3.05) is 20.1 Å².